The van der Waals surface area contributed by atoms with Gasteiger partial charge in [0.05, 0.1) is 16.5 Å². The lowest BCUT2D eigenvalue weighted by Crippen LogP contribution is -2.51. The van der Waals surface area contributed by atoms with Crippen LogP contribution in [0.15, 0.2) is 24.4 Å². The molecule has 2 aromatic heterocycles. The van der Waals surface area contributed by atoms with E-state index in [1.807, 2.05) is 0 Å². The number of hydrogen-bond donors (Lipinski definition) is 4. The molecule has 12 nitrogen and oxygen atoms in total. The van der Waals surface area contributed by atoms with Gasteiger partial charge in [-0.05, 0) is 44.4 Å². The number of aliphatic carboxylic acids is 2. The van der Waals surface area contributed by atoms with Crippen molar-refractivity contribution in [2.24, 2.45) is 0 Å². The zero-order valence-corrected chi connectivity index (χ0v) is 26.8. The molecule has 0 amide bonds. The van der Waals surface area contributed by atoms with E-state index in [1.54, 1.807) is 0 Å². The average Bonchev–Trinajstić information content (AvgIpc) is 3.70. The number of benzene rings is 1. The smallest absolute Gasteiger partial charge is 0.490 e. The van der Waals surface area contributed by atoms with Gasteiger partial charge in [0, 0.05) is 44.3 Å². The predicted octanol–water partition coefficient (Wildman–Crippen LogP) is 4.84. The Morgan fingerprint density at radius 3 is 2.17 bits per heavy atom. The fourth-order valence-electron chi connectivity index (χ4n) is 6.87. The molecule has 4 aliphatic rings. The fourth-order valence-corrected chi connectivity index (χ4v) is 6.87. The molecule has 4 fully saturated rings. The molecule has 4 atom stereocenters. The summed E-state index contributed by atoms with van der Waals surface area (Å²) in [6.07, 6.45) is -5.33. The maximum absolute atomic E-state index is 16.0. The van der Waals surface area contributed by atoms with E-state index in [2.05, 4.69) is 25.1 Å². The molecule has 21 heteroatoms. The zero-order chi connectivity index (χ0) is 38.2. The van der Waals surface area contributed by atoms with Crippen LogP contribution in [0, 0.1) is 11.6 Å². The van der Waals surface area contributed by atoms with Gasteiger partial charge in [0.15, 0.2) is 5.82 Å². The maximum atomic E-state index is 16.0. The van der Waals surface area contributed by atoms with Gasteiger partial charge >= 0.3 is 30.3 Å². The van der Waals surface area contributed by atoms with Gasteiger partial charge in [0.1, 0.15) is 41.4 Å². The normalized spacial score (nSPS) is 24.1. The van der Waals surface area contributed by atoms with E-state index in [0.29, 0.717) is 49.3 Å². The lowest BCUT2D eigenvalue weighted by Gasteiger charge is -2.34. The molecule has 3 aromatic rings. The zero-order valence-electron chi connectivity index (χ0n) is 26.8. The molecule has 6 heterocycles. The van der Waals surface area contributed by atoms with Crippen LogP contribution < -0.4 is 15.0 Å². The highest BCUT2D eigenvalue weighted by Gasteiger charge is 2.49. The van der Waals surface area contributed by atoms with Gasteiger partial charge in [0.2, 0.25) is 0 Å². The van der Waals surface area contributed by atoms with Crippen molar-refractivity contribution in [1.82, 2.24) is 25.2 Å². The van der Waals surface area contributed by atoms with Crippen LogP contribution in [0.4, 0.5) is 45.3 Å². The number of halogens is 9. The minimum absolute atomic E-state index is 0.00396. The number of carboxylic acids is 2. The number of alkyl halides is 7. The SMILES string of the molecule is O=C(O)C(F)(F)F.O=C(O)C(F)(F)F.Oc1cccc(F)c1-c1ncc2c(N3C[C@H]4CC[C@@H](C3)N4)nc(OCC34CCCN3CC(F)C4)nc2c1F. The molecular formula is C31H31F9N6O6. The second-order valence-electron chi connectivity index (χ2n) is 12.7. The van der Waals surface area contributed by atoms with Gasteiger partial charge in [-0.25, -0.2) is 22.8 Å². The molecule has 284 valence electrons. The van der Waals surface area contributed by atoms with E-state index in [4.69, 9.17) is 29.5 Å². The van der Waals surface area contributed by atoms with Crippen LogP contribution >= 0.6 is 0 Å². The molecule has 0 radical (unpaired) electrons. The number of nitrogens with zero attached hydrogens (tertiary/aromatic N) is 5. The highest BCUT2D eigenvalue weighted by Crippen LogP contribution is 2.41. The number of nitrogens with one attached hydrogen (secondary N) is 1. The van der Waals surface area contributed by atoms with Crippen LogP contribution in [-0.4, -0.2) is 116 Å². The van der Waals surface area contributed by atoms with Crippen molar-refractivity contribution in [2.75, 3.05) is 37.7 Å². The fraction of sp³-hybridized carbons (Fsp3) is 0.516. The van der Waals surface area contributed by atoms with Crippen molar-refractivity contribution in [3.05, 3.63) is 36.0 Å². The third-order valence-corrected chi connectivity index (χ3v) is 9.10. The van der Waals surface area contributed by atoms with Crippen LogP contribution in [-0.2, 0) is 9.59 Å². The minimum Gasteiger partial charge on any atom is -0.507 e. The van der Waals surface area contributed by atoms with E-state index >= 15 is 4.39 Å². The molecule has 52 heavy (non-hydrogen) atoms. The number of rotatable bonds is 5. The highest BCUT2D eigenvalue weighted by molar-refractivity contribution is 5.92. The Labute approximate surface area is 288 Å². The number of phenolic OH excluding ortho intramolecular Hbond substituents is 1. The first-order valence-electron chi connectivity index (χ1n) is 15.8. The van der Waals surface area contributed by atoms with E-state index in [-0.39, 0.29) is 29.4 Å². The number of carbonyl (C=O) groups is 2. The molecule has 2 unspecified atom stereocenters. The topological polar surface area (TPSA) is 161 Å². The third kappa shape index (κ3) is 8.35. The number of aromatic nitrogens is 3. The second kappa shape index (κ2) is 14.8. The van der Waals surface area contributed by atoms with Crippen molar-refractivity contribution in [3.63, 3.8) is 0 Å². The van der Waals surface area contributed by atoms with Crippen molar-refractivity contribution in [1.29, 1.82) is 0 Å². The summed E-state index contributed by atoms with van der Waals surface area (Å²) in [6.45, 7) is 2.82. The Bertz CT molecular complexity index is 1760. The van der Waals surface area contributed by atoms with Crippen LogP contribution in [0.5, 0.6) is 11.8 Å². The van der Waals surface area contributed by atoms with Crippen molar-refractivity contribution in [3.8, 4) is 23.0 Å². The molecule has 4 N–H and O–H groups in total. The summed E-state index contributed by atoms with van der Waals surface area (Å²) in [4.78, 5) is 35.4. The Balaban J connectivity index is 0.000000318. The first kappa shape index (κ1) is 38.6. The van der Waals surface area contributed by atoms with Crippen LogP contribution in [0.3, 0.4) is 0 Å². The summed E-state index contributed by atoms with van der Waals surface area (Å²) in [5.74, 6) is -7.07. The number of phenols is 1. The highest BCUT2D eigenvalue weighted by atomic mass is 19.4. The lowest BCUT2D eigenvalue weighted by molar-refractivity contribution is -0.193. The summed E-state index contributed by atoms with van der Waals surface area (Å²) in [6, 6.07) is 4.38. The van der Waals surface area contributed by atoms with Crippen molar-refractivity contribution in [2.45, 2.75) is 68.3 Å². The number of fused-ring (bicyclic) bond motifs is 4. The first-order chi connectivity index (χ1) is 24.3. The number of piperazine rings is 1. The standard InChI is InChI=1S/C27H29F3N6O2.2C2HF3O2/c28-15-9-27(7-2-8-36(27)11-15)14-38-26-33-23-18(25(34-26)35-12-16-5-6-17(13-35)32-16)10-31-24(22(23)30)21-19(29)3-1-4-20(21)37;2*3-2(4,5)1(6)7/h1,3-4,10,15-17,32,37H,2,5-9,11-14H2;2*(H,6,7)/t15?,16-,17+,27?;;. The van der Waals surface area contributed by atoms with Gasteiger partial charge in [0.25, 0.3) is 0 Å². The maximum Gasteiger partial charge on any atom is 0.490 e. The first-order valence-corrected chi connectivity index (χ1v) is 15.8. The predicted molar refractivity (Wildman–Crippen MR) is 162 cm³/mol. The summed E-state index contributed by atoms with van der Waals surface area (Å²) in [5.41, 5.74) is -1.12. The molecule has 0 spiro atoms. The number of anilines is 1. The Kier molecular flexibility index (Phi) is 10.9. The van der Waals surface area contributed by atoms with E-state index < -0.39 is 53.4 Å². The van der Waals surface area contributed by atoms with Crippen LogP contribution in [0.1, 0.15) is 32.1 Å². The molecule has 0 saturated carbocycles. The van der Waals surface area contributed by atoms with Gasteiger partial charge in [-0.1, -0.05) is 6.07 Å². The molecule has 7 rings (SSSR count). The van der Waals surface area contributed by atoms with Gasteiger partial charge in [-0.2, -0.15) is 36.3 Å². The second-order valence-corrected chi connectivity index (χ2v) is 12.7. The quantitative estimate of drug-likeness (QED) is 0.263. The molecular weight excluding hydrogens is 723 g/mol. The third-order valence-electron chi connectivity index (χ3n) is 9.10. The number of ether oxygens (including phenoxy) is 1. The van der Waals surface area contributed by atoms with Crippen LogP contribution in [0.25, 0.3) is 22.2 Å². The van der Waals surface area contributed by atoms with Gasteiger partial charge in [-0.3, -0.25) is 9.88 Å². The van der Waals surface area contributed by atoms with Gasteiger partial charge < -0.3 is 30.3 Å². The number of aromatic hydroxyl groups is 1. The lowest BCUT2D eigenvalue weighted by atomic mass is 9.95. The number of hydrogen-bond acceptors (Lipinski definition) is 10. The van der Waals surface area contributed by atoms with E-state index in [9.17, 15) is 40.2 Å². The van der Waals surface area contributed by atoms with E-state index in [0.717, 1.165) is 38.3 Å². The summed E-state index contributed by atoms with van der Waals surface area (Å²) in [7, 11) is 0. The number of carboxylic acid groups (broad SMARTS) is 2. The Hall–Kier alpha value is -4.66. The summed E-state index contributed by atoms with van der Waals surface area (Å²) >= 11 is 0. The summed E-state index contributed by atoms with van der Waals surface area (Å²) < 4.78 is 115. The van der Waals surface area contributed by atoms with E-state index in [1.165, 1.54) is 18.3 Å². The molecule has 0 aliphatic carbocycles. The molecule has 4 aliphatic heterocycles. The Morgan fingerprint density at radius 1 is 0.981 bits per heavy atom. The average molecular weight is 755 g/mol. The van der Waals surface area contributed by atoms with Crippen molar-refractivity contribution < 1.29 is 69.2 Å². The van der Waals surface area contributed by atoms with Gasteiger partial charge in [-0.15, -0.1) is 0 Å². The van der Waals surface area contributed by atoms with Crippen molar-refractivity contribution >= 4 is 28.7 Å². The van der Waals surface area contributed by atoms with Crippen LogP contribution in [0.2, 0.25) is 0 Å². The number of pyridine rings is 1. The molecule has 1 aromatic carbocycles. The largest absolute Gasteiger partial charge is 0.507 e. The minimum atomic E-state index is -5.08. The summed E-state index contributed by atoms with van der Waals surface area (Å²) in [5, 5.41) is 28.5. The Morgan fingerprint density at radius 2 is 1.60 bits per heavy atom. The molecule has 4 saturated heterocycles. The molecule has 2 bridgehead atoms. The monoisotopic (exact) mass is 754 g/mol.